The van der Waals surface area contributed by atoms with E-state index in [9.17, 15) is 19.8 Å². The molecular weight excluding hydrogens is 330 g/mol. The zero-order valence-electron chi connectivity index (χ0n) is 13.4. The highest BCUT2D eigenvalue weighted by Gasteiger charge is 2.36. The Morgan fingerprint density at radius 2 is 1.96 bits per heavy atom. The number of carbonyl (C=O) groups excluding carboxylic acids is 1. The van der Waals surface area contributed by atoms with Crippen LogP contribution in [0.5, 0.6) is 17.2 Å². The van der Waals surface area contributed by atoms with E-state index in [-0.39, 0.29) is 28.3 Å². The maximum absolute atomic E-state index is 12.2. The van der Waals surface area contributed by atoms with Crippen LogP contribution in [0.1, 0.15) is 32.5 Å². The van der Waals surface area contributed by atoms with E-state index in [4.69, 9.17) is 14.2 Å². The normalized spacial score (nSPS) is 15.3. The van der Waals surface area contributed by atoms with Crippen molar-refractivity contribution < 1.29 is 34.0 Å². The molecule has 0 saturated carbocycles. The number of hydrogen-bond donors (Lipinski definition) is 3. The molecular formula is C17H15NO7. The molecule has 0 aliphatic carbocycles. The molecule has 0 radical (unpaired) electrons. The minimum atomic E-state index is -1.23. The van der Waals surface area contributed by atoms with Gasteiger partial charge in [-0.15, -0.1) is 0 Å². The SMILES string of the molecule is COc1ccc2c(c1OC)C(=O)O[C@H]2Nc1ccc(O)cc1C(=O)O. The van der Waals surface area contributed by atoms with E-state index in [1.54, 1.807) is 12.1 Å². The maximum atomic E-state index is 12.2. The molecule has 1 aliphatic rings. The lowest BCUT2D eigenvalue weighted by molar-refractivity contribution is 0.0435. The largest absolute Gasteiger partial charge is 0.508 e. The van der Waals surface area contributed by atoms with Gasteiger partial charge < -0.3 is 29.7 Å². The molecule has 0 amide bonds. The van der Waals surface area contributed by atoms with Crippen molar-refractivity contribution in [2.75, 3.05) is 19.5 Å². The van der Waals surface area contributed by atoms with Gasteiger partial charge in [0.25, 0.3) is 0 Å². The van der Waals surface area contributed by atoms with Crippen molar-refractivity contribution >= 4 is 17.6 Å². The fourth-order valence-corrected chi connectivity index (χ4v) is 2.68. The number of carboxylic acid groups (broad SMARTS) is 1. The van der Waals surface area contributed by atoms with E-state index in [0.717, 1.165) is 6.07 Å². The van der Waals surface area contributed by atoms with Gasteiger partial charge in [0.05, 0.1) is 25.5 Å². The Morgan fingerprint density at radius 1 is 1.20 bits per heavy atom. The van der Waals surface area contributed by atoms with Crippen molar-refractivity contribution in [1.82, 2.24) is 0 Å². The molecule has 8 nitrogen and oxygen atoms in total. The quantitative estimate of drug-likeness (QED) is 0.559. The summed E-state index contributed by atoms with van der Waals surface area (Å²) in [4.78, 5) is 23.6. The summed E-state index contributed by atoms with van der Waals surface area (Å²) >= 11 is 0. The molecule has 1 aliphatic heterocycles. The Labute approximate surface area is 142 Å². The van der Waals surface area contributed by atoms with Crippen molar-refractivity contribution in [3.05, 3.63) is 47.0 Å². The molecule has 2 aromatic carbocycles. The van der Waals surface area contributed by atoms with Gasteiger partial charge in [-0.3, -0.25) is 0 Å². The molecule has 3 rings (SSSR count). The Bertz CT molecular complexity index is 862. The standard InChI is InChI=1S/C17H15NO7/c1-23-12-6-4-9-13(14(12)24-2)17(22)25-15(9)18-11-5-3-8(19)7-10(11)16(20)21/h3-7,15,18-19H,1-2H3,(H,20,21)/t15-/m1/s1. The lowest BCUT2D eigenvalue weighted by atomic mass is 10.1. The van der Waals surface area contributed by atoms with Gasteiger partial charge in [0, 0.05) is 5.56 Å². The molecule has 130 valence electrons. The first kappa shape index (κ1) is 16.4. The molecule has 0 fully saturated rings. The zero-order chi connectivity index (χ0) is 18.1. The van der Waals surface area contributed by atoms with Crippen molar-refractivity contribution in [1.29, 1.82) is 0 Å². The monoisotopic (exact) mass is 345 g/mol. The number of ether oxygens (including phenoxy) is 3. The number of anilines is 1. The number of cyclic esters (lactones) is 1. The average molecular weight is 345 g/mol. The maximum Gasteiger partial charge on any atom is 0.344 e. The lowest BCUT2D eigenvalue weighted by Gasteiger charge is -2.16. The number of hydrogen-bond acceptors (Lipinski definition) is 7. The number of nitrogens with one attached hydrogen (secondary N) is 1. The van der Waals surface area contributed by atoms with E-state index < -0.39 is 18.2 Å². The summed E-state index contributed by atoms with van der Waals surface area (Å²) in [6.45, 7) is 0. The number of carboxylic acids is 1. The second-order valence-corrected chi connectivity index (χ2v) is 5.23. The van der Waals surface area contributed by atoms with E-state index in [0.29, 0.717) is 11.3 Å². The highest BCUT2D eigenvalue weighted by molar-refractivity contribution is 5.99. The first-order valence-corrected chi connectivity index (χ1v) is 7.25. The molecule has 8 heteroatoms. The van der Waals surface area contributed by atoms with Crippen LogP contribution < -0.4 is 14.8 Å². The molecule has 0 bridgehead atoms. The van der Waals surface area contributed by atoms with Crippen LogP contribution in [0.2, 0.25) is 0 Å². The van der Waals surface area contributed by atoms with Crippen LogP contribution in [-0.2, 0) is 4.74 Å². The van der Waals surface area contributed by atoms with Gasteiger partial charge in [0.2, 0.25) is 6.23 Å². The fraction of sp³-hybridized carbons (Fsp3) is 0.176. The third-order valence-electron chi connectivity index (χ3n) is 3.81. The predicted molar refractivity (Wildman–Crippen MR) is 86.4 cm³/mol. The second kappa shape index (κ2) is 6.23. The first-order chi connectivity index (χ1) is 12.0. The summed E-state index contributed by atoms with van der Waals surface area (Å²) in [7, 11) is 2.87. The van der Waals surface area contributed by atoms with Crippen molar-refractivity contribution in [2.24, 2.45) is 0 Å². The van der Waals surface area contributed by atoms with E-state index in [1.807, 2.05) is 0 Å². The molecule has 0 spiro atoms. The number of carbonyl (C=O) groups is 2. The highest BCUT2D eigenvalue weighted by Crippen LogP contribution is 2.42. The number of fused-ring (bicyclic) bond motifs is 1. The molecule has 25 heavy (non-hydrogen) atoms. The van der Waals surface area contributed by atoms with Crippen LogP contribution in [0, 0.1) is 0 Å². The molecule has 1 atom stereocenters. The number of phenols is 1. The minimum absolute atomic E-state index is 0.148. The Balaban J connectivity index is 2.01. The van der Waals surface area contributed by atoms with Crippen LogP contribution >= 0.6 is 0 Å². The average Bonchev–Trinajstić information content (AvgIpc) is 2.91. The first-order valence-electron chi connectivity index (χ1n) is 7.25. The topological polar surface area (TPSA) is 114 Å². The molecule has 3 N–H and O–H groups in total. The van der Waals surface area contributed by atoms with Crippen LogP contribution in [0.4, 0.5) is 5.69 Å². The molecule has 0 saturated heterocycles. The van der Waals surface area contributed by atoms with Gasteiger partial charge in [0.15, 0.2) is 11.5 Å². The zero-order valence-corrected chi connectivity index (χ0v) is 13.4. The summed E-state index contributed by atoms with van der Waals surface area (Å²) in [6, 6.07) is 7.10. The number of benzene rings is 2. The number of rotatable bonds is 5. The number of methoxy groups -OCH3 is 2. The molecule has 0 aromatic heterocycles. The minimum Gasteiger partial charge on any atom is -0.508 e. The van der Waals surface area contributed by atoms with Gasteiger partial charge in [-0.1, -0.05) is 0 Å². The fourth-order valence-electron chi connectivity index (χ4n) is 2.68. The van der Waals surface area contributed by atoms with Crippen molar-refractivity contribution in [3.63, 3.8) is 0 Å². The third kappa shape index (κ3) is 2.78. The van der Waals surface area contributed by atoms with Gasteiger partial charge in [0.1, 0.15) is 11.3 Å². The molecule has 0 unspecified atom stereocenters. The van der Waals surface area contributed by atoms with Crippen LogP contribution in [0.25, 0.3) is 0 Å². The van der Waals surface area contributed by atoms with Gasteiger partial charge in [-0.25, -0.2) is 9.59 Å². The van der Waals surface area contributed by atoms with Gasteiger partial charge in [-0.05, 0) is 30.3 Å². The van der Waals surface area contributed by atoms with Gasteiger partial charge in [-0.2, -0.15) is 0 Å². The predicted octanol–water partition coefficient (Wildman–Crippen LogP) is 2.39. The van der Waals surface area contributed by atoms with Crippen molar-refractivity contribution in [2.45, 2.75) is 6.23 Å². The van der Waals surface area contributed by atoms with E-state index >= 15 is 0 Å². The van der Waals surface area contributed by atoms with Gasteiger partial charge >= 0.3 is 11.9 Å². The number of esters is 1. The highest BCUT2D eigenvalue weighted by atomic mass is 16.6. The van der Waals surface area contributed by atoms with Crippen LogP contribution in [0.3, 0.4) is 0 Å². The summed E-state index contributed by atoms with van der Waals surface area (Å²) in [5.74, 6) is -1.39. The lowest BCUT2D eigenvalue weighted by Crippen LogP contribution is -2.13. The van der Waals surface area contributed by atoms with Crippen LogP contribution in [-0.4, -0.2) is 36.4 Å². The number of phenolic OH excluding ortho intramolecular Hbond substituents is 1. The summed E-state index contributed by atoms with van der Waals surface area (Å²) in [6.07, 6.45) is -0.898. The number of aromatic carboxylic acids is 1. The summed E-state index contributed by atoms with van der Waals surface area (Å²) < 4.78 is 15.7. The second-order valence-electron chi connectivity index (χ2n) is 5.23. The van der Waals surface area contributed by atoms with Crippen LogP contribution in [0.15, 0.2) is 30.3 Å². The van der Waals surface area contributed by atoms with E-state index in [1.165, 1.54) is 26.4 Å². The molecule has 2 aromatic rings. The summed E-state index contributed by atoms with van der Waals surface area (Å²) in [5, 5.41) is 21.6. The Hall–Kier alpha value is -3.42. The molecule has 1 heterocycles. The van der Waals surface area contributed by atoms with Crippen molar-refractivity contribution in [3.8, 4) is 17.2 Å². The smallest absolute Gasteiger partial charge is 0.344 e. The number of aromatic hydroxyl groups is 1. The summed E-state index contributed by atoms with van der Waals surface area (Å²) in [5.41, 5.74) is 0.762. The Kier molecular flexibility index (Phi) is 4.10. The third-order valence-corrected chi connectivity index (χ3v) is 3.81. The Morgan fingerprint density at radius 3 is 2.60 bits per heavy atom. The van der Waals surface area contributed by atoms with E-state index in [2.05, 4.69) is 5.32 Å².